The molecule has 3 aromatic heterocycles. The molecule has 0 fully saturated rings. The van der Waals surface area contributed by atoms with Gasteiger partial charge in [-0.25, -0.2) is 9.97 Å². The first kappa shape index (κ1) is 32.3. The van der Waals surface area contributed by atoms with Crippen molar-refractivity contribution < 1.29 is 0 Å². The first-order valence-corrected chi connectivity index (χ1v) is 19.7. The van der Waals surface area contributed by atoms with Crippen LogP contribution in [0.4, 0.5) is 0 Å². The van der Waals surface area contributed by atoms with Crippen LogP contribution in [0.15, 0.2) is 200 Å². The summed E-state index contributed by atoms with van der Waals surface area (Å²) in [6, 6.07) is 71.4. The lowest BCUT2D eigenvalue weighted by Gasteiger charge is -2.12. The van der Waals surface area contributed by atoms with Crippen LogP contribution in [-0.4, -0.2) is 14.5 Å². The van der Waals surface area contributed by atoms with Gasteiger partial charge in [0.2, 0.25) is 0 Å². The zero-order valence-electron chi connectivity index (χ0n) is 30.3. The Morgan fingerprint density at radius 2 is 0.875 bits per heavy atom. The fraction of sp³-hybridized carbons (Fsp3) is 0. The van der Waals surface area contributed by atoms with Gasteiger partial charge in [-0.15, -0.1) is 11.3 Å². The lowest BCUT2D eigenvalue weighted by Crippen LogP contribution is -1.97. The molecule has 0 saturated heterocycles. The van der Waals surface area contributed by atoms with Gasteiger partial charge in [0.15, 0.2) is 5.82 Å². The summed E-state index contributed by atoms with van der Waals surface area (Å²) in [5.74, 6) is 0.703. The summed E-state index contributed by atoms with van der Waals surface area (Å²) < 4.78 is 5.00. The van der Waals surface area contributed by atoms with Crippen LogP contribution in [0.5, 0.6) is 0 Å². The summed E-state index contributed by atoms with van der Waals surface area (Å²) in [4.78, 5) is 10.6. The fourth-order valence-electron chi connectivity index (χ4n) is 8.13. The zero-order valence-corrected chi connectivity index (χ0v) is 31.1. The number of hydrogen-bond donors (Lipinski definition) is 0. The van der Waals surface area contributed by atoms with E-state index in [1.54, 1.807) is 0 Å². The molecule has 0 atom stereocenters. The van der Waals surface area contributed by atoms with Gasteiger partial charge < -0.3 is 4.57 Å². The minimum absolute atomic E-state index is 0.703. The number of benzene rings is 8. The highest BCUT2D eigenvalue weighted by molar-refractivity contribution is 7.25. The van der Waals surface area contributed by atoms with Gasteiger partial charge >= 0.3 is 0 Å². The molecular weight excluding hydrogens is 699 g/mol. The third-order valence-corrected chi connectivity index (χ3v) is 12.0. The van der Waals surface area contributed by atoms with Crippen LogP contribution in [0.2, 0.25) is 0 Å². The number of rotatable bonds is 6. The molecule has 8 aromatic carbocycles. The molecule has 0 aliphatic heterocycles. The van der Waals surface area contributed by atoms with Gasteiger partial charge in [-0.3, -0.25) is 0 Å². The molecule has 0 radical (unpaired) electrons. The topological polar surface area (TPSA) is 30.7 Å². The molecule has 0 saturated carbocycles. The second-order valence-electron chi connectivity index (χ2n) is 14.2. The molecule has 0 aliphatic rings. The minimum Gasteiger partial charge on any atom is -0.309 e. The quantitative estimate of drug-likeness (QED) is 0.170. The summed E-state index contributed by atoms with van der Waals surface area (Å²) >= 11 is 1.85. The maximum Gasteiger partial charge on any atom is 0.161 e. The van der Waals surface area contributed by atoms with Crippen molar-refractivity contribution in [3.05, 3.63) is 200 Å². The van der Waals surface area contributed by atoms with E-state index < -0.39 is 0 Å². The summed E-state index contributed by atoms with van der Waals surface area (Å²) in [5.41, 5.74) is 13.1. The third-order valence-electron chi connectivity index (χ3n) is 10.9. The Balaban J connectivity index is 1.05. The van der Waals surface area contributed by atoms with Crippen molar-refractivity contribution in [1.82, 2.24) is 14.5 Å². The van der Waals surface area contributed by atoms with Gasteiger partial charge in [-0.1, -0.05) is 158 Å². The van der Waals surface area contributed by atoms with Crippen LogP contribution in [0.3, 0.4) is 0 Å². The molecule has 11 aromatic rings. The standard InChI is InChI=1S/C52H33N3S/c1-3-12-34(13-4-1)35-22-24-36(25-23-35)37-26-28-39(29-27-37)46-33-45(38-14-5-2-6-15-38)53-52(54-46)43-18-11-20-48-51(43)42-17-7-9-19-47(42)55(48)40-30-31-50-44(32-40)41-16-8-10-21-49(41)56-50/h1-33H. The van der Waals surface area contributed by atoms with E-state index in [9.17, 15) is 0 Å². The summed E-state index contributed by atoms with van der Waals surface area (Å²) in [5, 5.41) is 4.89. The van der Waals surface area contributed by atoms with Gasteiger partial charge in [0.1, 0.15) is 0 Å². The van der Waals surface area contributed by atoms with Gasteiger partial charge in [0, 0.05) is 53.3 Å². The molecule has 0 aliphatic carbocycles. The number of fused-ring (bicyclic) bond motifs is 6. The molecule has 262 valence electrons. The highest BCUT2D eigenvalue weighted by atomic mass is 32.1. The molecule has 3 nitrogen and oxygen atoms in total. The van der Waals surface area contributed by atoms with Crippen LogP contribution >= 0.6 is 11.3 Å². The molecule has 0 N–H and O–H groups in total. The Bertz CT molecular complexity index is 3220. The van der Waals surface area contributed by atoms with Gasteiger partial charge in [0.05, 0.1) is 22.4 Å². The maximum absolute atomic E-state index is 5.34. The molecule has 56 heavy (non-hydrogen) atoms. The van der Waals surface area contributed by atoms with Crippen molar-refractivity contribution in [3.63, 3.8) is 0 Å². The Kier molecular flexibility index (Phi) is 7.68. The average molecular weight is 732 g/mol. The minimum atomic E-state index is 0.703. The van der Waals surface area contributed by atoms with E-state index in [1.165, 1.54) is 42.2 Å². The molecule has 0 amide bonds. The normalized spacial score (nSPS) is 11.6. The molecule has 0 bridgehead atoms. The average Bonchev–Trinajstić information content (AvgIpc) is 3.82. The molecule has 4 heteroatoms. The fourth-order valence-corrected chi connectivity index (χ4v) is 9.21. The number of para-hydroxylation sites is 1. The molecular formula is C52H33N3S. The van der Waals surface area contributed by atoms with Gasteiger partial charge in [-0.05, 0) is 64.7 Å². The Morgan fingerprint density at radius 1 is 0.357 bits per heavy atom. The molecule has 11 rings (SSSR count). The Morgan fingerprint density at radius 3 is 1.57 bits per heavy atom. The predicted molar refractivity (Wildman–Crippen MR) is 236 cm³/mol. The number of nitrogens with zero attached hydrogens (tertiary/aromatic N) is 3. The monoisotopic (exact) mass is 731 g/mol. The molecule has 3 heterocycles. The van der Waals surface area contributed by atoms with Crippen LogP contribution in [0.1, 0.15) is 0 Å². The second-order valence-corrected chi connectivity index (χ2v) is 15.3. The van der Waals surface area contributed by atoms with Crippen molar-refractivity contribution in [2.75, 3.05) is 0 Å². The van der Waals surface area contributed by atoms with E-state index >= 15 is 0 Å². The lowest BCUT2D eigenvalue weighted by molar-refractivity contribution is 1.18. The van der Waals surface area contributed by atoms with Gasteiger partial charge in [-0.2, -0.15) is 0 Å². The van der Waals surface area contributed by atoms with Crippen molar-refractivity contribution in [1.29, 1.82) is 0 Å². The summed E-state index contributed by atoms with van der Waals surface area (Å²) in [6.07, 6.45) is 0. The van der Waals surface area contributed by atoms with Crippen LogP contribution in [0, 0.1) is 0 Å². The highest BCUT2D eigenvalue weighted by Crippen LogP contribution is 2.41. The first-order valence-electron chi connectivity index (χ1n) is 18.9. The third kappa shape index (κ3) is 5.50. The second kappa shape index (κ2) is 13.3. The van der Waals surface area contributed by atoms with Crippen molar-refractivity contribution in [3.8, 4) is 61.8 Å². The van der Waals surface area contributed by atoms with Gasteiger partial charge in [0.25, 0.3) is 0 Å². The van der Waals surface area contributed by atoms with Crippen LogP contribution in [0.25, 0.3) is 104 Å². The number of thiophene rings is 1. The largest absolute Gasteiger partial charge is 0.309 e. The SMILES string of the molecule is c1ccc(-c2ccc(-c3ccc(-c4cc(-c5ccccc5)nc(-c5cccc6c5c5ccccc5n6-c5ccc6sc7ccccc7c6c5)n4)cc3)cc2)cc1. The van der Waals surface area contributed by atoms with Crippen molar-refractivity contribution in [2.24, 2.45) is 0 Å². The Labute approximate surface area is 328 Å². The van der Waals surface area contributed by atoms with E-state index in [4.69, 9.17) is 9.97 Å². The molecule has 0 spiro atoms. The van der Waals surface area contributed by atoms with Crippen LogP contribution in [-0.2, 0) is 0 Å². The van der Waals surface area contributed by atoms with Crippen LogP contribution < -0.4 is 0 Å². The highest BCUT2D eigenvalue weighted by Gasteiger charge is 2.20. The van der Waals surface area contributed by atoms with E-state index in [2.05, 4.69) is 199 Å². The van der Waals surface area contributed by atoms with E-state index in [0.717, 1.165) is 55.7 Å². The smallest absolute Gasteiger partial charge is 0.161 e. The van der Waals surface area contributed by atoms with E-state index in [-0.39, 0.29) is 0 Å². The zero-order chi connectivity index (χ0) is 37.0. The Hall–Kier alpha value is -7.14. The van der Waals surface area contributed by atoms with Crippen molar-refractivity contribution >= 4 is 53.3 Å². The van der Waals surface area contributed by atoms with Crippen molar-refractivity contribution in [2.45, 2.75) is 0 Å². The van der Waals surface area contributed by atoms with E-state index in [1.807, 2.05) is 17.4 Å². The first-order chi connectivity index (χ1) is 27.7. The lowest BCUT2D eigenvalue weighted by atomic mass is 9.99. The maximum atomic E-state index is 5.34. The molecule has 0 unspecified atom stereocenters. The number of aromatic nitrogens is 3. The predicted octanol–water partition coefficient (Wildman–Crippen LogP) is 14.3. The van der Waals surface area contributed by atoms with E-state index in [0.29, 0.717) is 5.82 Å². The number of hydrogen-bond acceptors (Lipinski definition) is 3. The summed E-state index contributed by atoms with van der Waals surface area (Å²) in [7, 11) is 0. The summed E-state index contributed by atoms with van der Waals surface area (Å²) in [6.45, 7) is 0.